The van der Waals surface area contributed by atoms with Crippen molar-refractivity contribution in [1.82, 2.24) is 10.2 Å². The van der Waals surface area contributed by atoms with Gasteiger partial charge in [-0.05, 0) is 44.2 Å². The third kappa shape index (κ3) is 2.17. The highest BCUT2D eigenvalue weighted by Gasteiger charge is 2.52. The van der Waals surface area contributed by atoms with Crippen LogP contribution < -0.4 is 10.6 Å². The summed E-state index contributed by atoms with van der Waals surface area (Å²) in [5.41, 5.74) is 2.30. The Morgan fingerprint density at radius 2 is 2.00 bits per heavy atom. The molecular formula is C16H21N3O2. The smallest absolute Gasteiger partial charge is 0.322 e. The number of carbonyl (C=O) groups is 2. The third-order valence-corrected chi connectivity index (χ3v) is 4.69. The lowest BCUT2D eigenvalue weighted by Crippen LogP contribution is -2.53. The number of benzene rings is 1. The summed E-state index contributed by atoms with van der Waals surface area (Å²) in [4.78, 5) is 26.6. The van der Waals surface area contributed by atoms with Gasteiger partial charge in [0.2, 0.25) is 5.91 Å². The zero-order valence-electron chi connectivity index (χ0n) is 12.5. The Morgan fingerprint density at radius 3 is 2.62 bits per heavy atom. The Hall–Kier alpha value is -2.04. The molecule has 2 fully saturated rings. The number of rotatable bonds is 1. The number of anilines is 1. The average molecular weight is 287 g/mol. The number of carbonyl (C=O) groups excluding carboxylic acids is 2. The van der Waals surface area contributed by atoms with E-state index in [0.717, 1.165) is 29.7 Å². The Morgan fingerprint density at radius 1 is 1.29 bits per heavy atom. The maximum absolute atomic E-state index is 12.7. The number of amides is 3. The van der Waals surface area contributed by atoms with Crippen molar-refractivity contribution in [2.45, 2.75) is 38.6 Å². The summed E-state index contributed by atoms with van der Waals surface area (Å²) in [6.45, 7) is 5.26. The van der Waals surface area contributed by atoms with Gasteiger partial charge < -0.3 is 15.5 Å². The van der Waals surface area contributed by atoms with E-state index in [4.69, 9.17) is 0 Å². The molecule has 0 saturated carbocycles. The van der Waals surface area contributed by atoms with Gasteiger partial charge in [-0.1, -0.05) is 18.2 Å². The Kier molecular flexibility index (Phi) is 3.35. The summed E-state index contributed by atoms with van der Waals surface area (Å²) in [6.07, 6.45) is 2.36. The highest BCUT2D eigenvalue weighted by atomic mass is 16.2. The largest absolute Gasteiger partial charge is 0.354 e. The molecule has 2 heterocycles. The molecule has 5 heteroatoms. The van der Waals surface area contributed by atoms with Crippen LogP contribution in [0.4, 0.5) is 10.5 Å². The molecule has 0 radical (unpaired) electrons. The second-order valence-corrected chi connectivity index (χ2v) is 5.99. The highest BCUT2D eigenvalue weighted by molar-refractivity contribution is 5.98. The molecule has 0 aromatic heterocycles. The quantitative estimate of drug-likeness (QED) is 0.831. The first kappa shape index (κ1) is 13.9. The van der Waals surface area contributed by atoms with Gasteiger partial charge in [0.1, 0.15) is 5.54 Å². The van der Waals surface area contributed by atoms with E-state index in [9.17, 15) is 9.59 Å². The Balaban J connectivity index is 1.84. The van der Waals surface area contributed by atoms with Crippen LogP contribution in [0.25, 0.3) is 0 Å². The minimum absolute atomic E-state index is 0.00310. The van der Waals surface area contributed by atoms with Crippen molar-refractivity contribution in [2.75, 3.05) is 18.4 Å². The van der Waals surface area contributed by atoms with E-state index in [1.807, 2.05) is 32.0 Å². The molecule has 0 aliphatic carbocycles. The van der Waals surface area contributed by atoms with Gasteiger partial charge in [-0.25, -0.2) is 4.79 Å². The first-order chi connectivity index (χ1) is 10.0. The lowest BCUT2D eigenvalue weighted by Gasteiger charge is -2.32. The number of aryl methyl sites for hydroxylation is 2. The van der Waals surface area contributed by atoms with Crippen LogP contribution in [0.3, 0.4) is 0 Å². The molecule has 2 aliphatic heterocycles. The van der Waals surface area contributed by atoms with Crippen molar-refractivity contribution in [3.05, 3.63) is 29.3 Å². The maximum Gasteiger partial charge on any atom is 0.322 e. The van der Waals surface area contributed by atoms with Crippen LogP contribution in [0.2, 0.25) is 0 Å². The van der Waals surface area contributed by atoms with Gasteiger partial charge in [0.05, 0.1) is 0 Å². The van der Waals surface area contributed by atoms with Gasteiger partial charge in [-0.3, -0.25) is 4.79 Å². The molecule has 2 N–H and O–H groups in total. The standard InChI is InChI=1S/C16H21N3O2/c1-11-5-3-6-12(2)13(11)18-15(21)19-10-4-7-16(19)8-9-17-14(16)20/h3,5-6H,4,7-10H2,1-2H3,(H,17,20)(H,18,21). The van der Waals surface area contributed by atoms with E-state index in [2.05, 4.69) is 10.6 Å². The molecule has 3 rings (SSSR count). The highest BCUT2D eigenvalue weighted by Crippen LogP contribution is 2.36. The van der Waals surface area contributed by atoms with E-state index < -0.39 is 5.54 Å². The van der Waals surface area contributed by atoms with Crippen LogP contribution in [0.5, 0.6) is 0 Å². The van der Waals surface area contributed by atoms with Crippen LogP contribution in [-0.2, 0) is 4.79 Å². The average Bonchev–Trinajstić information content (AvgIpc) is 3.03. The van der Waals surface area contributed by atoms with Crippen molar-refractivity contribution in [3.8, 4) is 0 Å². The SMILES string of the molecule is Cc1cccc(C)c1NC(=O)N1CCCC12CCNC2=O. The lowest BCUT2D eigenvalue weighted by molar-refractivity contribution is -0.127. The van der Waals surface area contributed by atoms with E-state index in [0.29, 0.717) is 19.5 Å². The van der Waals surface area contributed by atoms with Crippen LogP contribution in [-0.4, -0.2) is 35.5 Å². The monoisotopic (exact) mass is 287 g/mol. The molecule has 1 spiro atoms. The minimum atomic E-state index is -0.624. The van der Waals surface area contributed by atoms with Gasteiger partial charge in [0.25, 0.3) is 0 Å². The maximum atomic E-state index is 12.7. The topological polar surface area (TPSA) is 61.4 Å². The minimum Gasteiger partial charge on any atom is -0.354 e. The molecule has 3 amide bonds. The molecule has 112 valence electrons. The molecule has 1 atom stereocenters. The number of nitrogens with one attached hydrogen (secondary N) is 2. The molecule has 2 aliphatic rings. The lowest BCUT2D eigenvalue weighted by atomic mass is 9.94. The van der Waals surface area contributed by atoms with Crippen molar-refractivity contribution in [1.29, 1.82) is 0 Å². The number of hydrogen-bond donors (Lipinski definition) is 2. The number of nitrogens with zero attached hydrogens (tertiary/aromatic N) is 1. The summed E-state index contributed by atoms with van der Waals surface area (Å²) in [7, 11) is 0. The third-order valence-electron chi connectivity index (χ3n) is 4.69. The van der Waals surface area contributed by atoms with E-state index in [1.165, 1.54) is 0 Å². The molecule has 1 aromatic carbocycles. The van der Waals surface area contributed by atoms with Gasteiger partial charge in [-0.2, -0.15) is 0 Å². The summed E-state index contributed by atoms with van der Waals surface area (Å²) in [5, 5.41) is 5.86. The summed E-state index contributed by atoms with van der Waals surface area (Å²) in [5.74, 6) is -0.00310. The molecule has 2 saturated heterocycles. The van der Waals surface area contributed by atoms with Crippen LogP contribution in [0.15, 0.2) is 18.2 Å². The summed E-state index contributed by atoms with van der Waals surface area (Å²) in [6, 6.07) is 5.76. The van der Waals surface area contributed by atoms with Crippen molar-refractivity contribution >= 4 is 17.6 Å². The number of urea groups is 1. The number of hydrogen-bond acceptors (Lipinski definition) is 2. The fourth-order valence-corrected chi connectivity index (χ4v) is 3.52. The van der Waals surface area contributed by atoms with Crippen molar-refractivity contribution < 1.29 is 9.59 Å². The van der Waals surface area contributed by atoms with E-state index in [1.54, 1.807) is 4.90 Å². The number of para-hydroxylation sites is 1. The van der Waals surface area contributed by atoms with Crippen LogP contribution in [0, 0.1) is 13.8 Å². The van der Waals surface area contributed by atoms with E-state index in [-0.39, 0.29) is 11.9 Å². The van der Waals surface area contributed by atoms with E-state index >= 15 is 0 Å². The van der Waals surface area contributed by atoms with Gasteiger partial charge in [0.15, 0.2) is 0 Å². The van der Waals surface area contributed by atoms with Gasteiger partial charge >= 0.3 is 6.03 Å². The molecule has 0 bridgehead atoms. The second kappa shape index (κ2) is 5.06. The molecule has 21 heavy (non-hydrogen) atoms. The fraction of sp³-hybridized carbons (Fsp3) is 0.500. The molecule has 5 nitrogen and oxygen atoms in total. The second-order valence-electron chi connectivity index (χ2n) is 5.99. The predicted octanol–water partition coefficient (Wildman–Crippen LogP) is 2.19. The first-order valence-corrected chi connectivity index (χ1v) is 7.48. The first-order valence-electron chi connectivity index (χ1n) is 7.48. The Labute approximate surface area is 124 Å². The van der Waals surface area contributed by atoms with Gasteiger partial charge in [0, 0.05) is 18.8 Å². The zero-order valence-corrected chi connectivity index (χ0v) is 12.5. The summed E-state index contributed by atoms with van der Waals surface area (Å²) >= 11 is 0. The van der Waals surface area contributed by atoms with Crippen molar-refractivity contribution in [2.24, 2.45) is 0 Å². The van der Waals surface area contributed by atoms with Crippen LogP contribution >= 0.6 is 0 Å². The zero-order chi connectivity index (χ0) is 15.0. The summed E-state index contributed by atoms with van der Waals surface area (Å²) < 4.78 is 0. The Bertz CT molecular complexity index is 575. The normalized spacial score (nSPS) is 24.5. The molecule has 1 unspecified atom stereocenters. The number of likely N-dealkylation sites (tertiary alicyclic amines) is 1. The van der Waals surface area contributed by atoms with Crippen molar-refractivity contribution in [3.63, 3.8) is 0 Å². The predicted molar refractivity (Wildman–Crippen MR) is 81.2 cm³/mol. The van der Waals surface area contributed by atoms with Crippen LogP contribution in [0.1, 0.15) is 30.4 Å². The molecule has 1 aromatic rings. The molecular weight excluding hydrogens is 266 g/mol. The van der Waals surface area contributed by atoms with Gasteiger partial charge in [-0.15, -0.1) is 0 Å². The fourth-order valence-electron chi connectivity index (χ4n) is 3.52.